The van der Waals surface area contributed by atoms with Crippen LogP contribution >= 0.6 is 0 Å². The summed E-state index contributed by atoms with van der Waals surface area (Å²) in [4.78, 5) is 11.2. The van der Waals surface area contributed by atoms with Crippen LogP contribution in [-0.4, -0.2) is 22.8 Å². The standard InChI is InChI=1S/C9H11NO3/c1-13-9(12)6-2-4-10-5-3-7(11)8(6)10/h2,4,7,11H,3,5H2,1H3/t7-/m0/s1. The molecule has 0 fully saturated rings. The molecule has 70 valence electrons. The van der Waals surface area contributed by atoms with E-state index in [2.05, 4.69) is 4.74 Å². The first-order valence-corrected chi connectivity index (χ1v) is 4.19. The van der Waals surface area contributed by atoms with Crippen molar-refractivity contribution < 1.29 is 14.6 Å². The lowest BCUT2D eigenvalue weighted by atomic mass is 10.1. The van der Waals surface area contributed by atoms with E-state index in [-0.39, 0.29) is 5.97 Å². The topological polar surface area (TPSA) is 51.5 Å². The van der Waals surface area contributed by atoms with Crippen LogP contribution in [0.3, 0.4) is 0 Å². The number of hydrogen-bond donors (Lipinski definition) is 1. The minimum Gasteiger partial charge on any atom is -0.465 e. The molecule has 4 heteroatoms. The Labute approximate surface area is 75.7 Å². The maximum atomic E-state index is 11.2. The van der Waals surface area contributed by atoms with Crippen LogP contribution in [0.5, 0.6) is 0 Å². The van der Waals surface area contributed by atoms with E-state index < -0.39 is 6.10 Å². The number of aromatic nitrogens is 1. The SMILES string of the molecule is COC(=O)c1ccn2c1[C@@H](O)CC2. The molecule has 1 aliphatic rings. The number of ether oxygens (including phenoxy) is 1. The second kappa shape index (κ2) is 2.88. The van der Waals surface area contributed by atoms with E-state index in [1.807, 2.05) is 4.57 Å². The van der Waals surface area contributed by atoms with Crippen molar-refractivity contribution in [3.8, 4) is 0 Å². The molecule has 0 aliphatic carbocycles. The maximum Gasteiger partial charge on any atom is 0.339 e. The highest BCUT2D eigenvalue weighted by molar-refractivity contribution is 5.91. The van der Waals surface area contributed by atoms with Crippen LogP contribution in [-0.2, 0) is 11.3 Å². The molecule has 1 N–H and O–H groups in total. The minimum atomic E-state index is -0.524. The van der Waals surface area contributed by atoms with Crippen LogP contribution in [0, 0.1) is 0 Å². The monoisotopic (exact) mass is 181 g/mol. The molecule has 1 aromatic heterocycles. The zero-order chi connectivity index (χ0) is 9.42. The Hall–Kier alpha value is -1.29. The highest BCUT2D eigenvalue weighted by Gasteiger charge is 2.26. The molecule has 4 nitrogen and oxygen atoms in total. The van der Waals surface area contributed by atoms with Gasteiger partial charge < -0.3 is 14.4 Å². The van der Waals surface area contributed by atoms with E-state index >= 15 is 0 Å². The van der Waals surface area contributed by atoms with E-state index in [0.29, 0.717) is 17.7 Å². The second-order valence-corrected chi connectivity index (χ2v) is 3.10. The largest absolute Gasteiger partial charge is 0.465 e. The first-order chi connectivity index (χ1) is 6.24. The molecule has 0 saturated carbocycles. The fourth-order valence-electron chi connectivity index (χ4n) is 1.73. The molecule has 0 spiro atoms. The van der Waals surface area contributed by atoms with Gasteiger partial charge in [0.25, 0.3) is 0 Å². The molecule has 0 saturated heterocycles. The van der Waals surface area contributed by atoms with E-state index in [0.717, 1.165) is 6.54 Å². The first-order valence-electron chi connectivity index (χ1n) is 4.19. The predicted octanol–water partition coefficient (Wildman–Crippen LogP) is 0.712. The Kier molecular flexibility index (Phi) is 1.84. The number of fused-ring (bicyclic) bond motifs is 1. The molecule has 0 unspecified atom stereocenters. The second-order valence-electron chi connectivity index (χ2n) is 3.10. The van der Waals surface area contributed by atoms with Crippen LogP contribution in [0.4, 0.5) is 0 Å². The number of methoxy groups -OCH3 is 1. The third-order valence-corrected chi connectivity index (χ3v) is 2.37. The van der Waals surface area contributed by atoms with Crippen molar-refractivity contribution in [1.82, 2.24) is 4.57 Å². The van der Waals surface area contributed by atoms with Gasteiger partial charge in [-0.15, -0.1) is 0 Å². The Balaban J connectivity index is 2.43. The van der Waals surface area contributed by atoms with Gasteiger partial charge in [0.2, 0.25) is 0 Å². The van der Waals surface area contributed by atoms with E-state index in [1.54, 1.807) is 12.3 Å². The van der Waals surface area contributed by atoms with Gasteiger partial charge in [-0.1, -0.05) is 0 Å². The van der Waals surface area contributed by atoms with Crippen molar-refractivity contribution in [3.63, 3.8) is 0 Å². The lowest BCUT2D eigenvalue weighted by Gasteiger charge is -2.03. The highest BCUT2D eigenvalue weighted by atomic mass is 16.5. The molecular formula is C9H11NO3. The van der Waals surface area contributed by atoms with Crippen LogP contribution in [0.1, 0.15) is 28.6 Å². The Morgan fingerprint density at radius 2 is 2.54 bits per heavy atom. The Morgan fingerprint density at radius 1 is 1.77 bits per heavy atom. The molecule has 1 atom stereocenters. The highest BCUT2D eigenvalue weighted by Crippen LogP contribution is 2.29. The van der Waals surface area contributed by atoms with Gasteiger partial charge >= 0.3 is 5.97 Å². The fourth-order valence-corrected chi connectivity index (χ4v) is 1.73. The summed E-state index contributed by atoms with van der Waals surface area (Å²) in [5.41, 5.74) is 1.17. The average Bonchev–Trinajstić information content (AvgIpc) is 2.68. The molecule has 13 heavy (non-hydrogen) atoms. The molecule has 2 rings (SSSR count). The predicted molar refractivity (Wildman–Crippen MR) is 45.3 cm³/mol. The number of carbonyl (C=O) groups excluding carboxylic acids is 1. The van der Waals surface area contributed by atoms with Gasteiger partial charge in [-0.25, -0.2) is 4.79 Å². The van der Waals surface area contributed by atoms with Gasteiger partial charge in [-0.05, 0) is 12.5 Å². The van der Waals surface area contributed by atoms with Gasteiger partial charge in [-0.3, -0.25) is 0 Å². The van der Waals surface area contributed by atoms with Crippen molar-refractivity contribution in [1.29, 1.82) is 0 Å². The summed E-state index contributed by atoms with van der Waals surface area (Å²) in [6, 6.07) is 1.68. The summed E-state index contributed by atoms with van der Waals surface area (Å²) in [5, 5.41) is 9.57. The van der Waals surface area contributed by atoms with Crippen LogP contribution < -0.4 is 0 Å². The lowest BCUT2D eigenvalue weighted by Crippen LogP contribution is -2.05. The van der Waals surface area contributed by atoms with Gasteiger partial charge in [0, 0.05) is 12.7 Å². The number of aryl methyl sites for hydroxylation is 1. The number of hydrogen-bond acceptors (Lipinski definition) is 3. The van der Waals surface area contributed by atoms with Gasteiger partial charge in [0.15, 0.2) is 0 Å². The fraction of sp³-hybridized carbons (Fsp3) is 0.444. The van der Waals surface area contributed by atoms with Crippen LogP contribution in [0.15, 0.2) is 12.3 Å². The molecule has 0 radical (unpaired) electrons. The van der Waals surface area contributed by atoms with Gasteiger partial charge in [0.05, 0.1) is 24.5 Å². The first kappa shape index (κ1) is 8.31. The van der Waals surface area contributed by atoms with Crippen molar-refractivity contribution in [2.75, 3.05) is 7.11 Å². The van der Waals surface area contributed by atoms with E-state index in [1.165, 1.54) is 7.11 Å². The summed E-state index contributed by atoms with van der Waals surface area (Å²) < 4.78 is 6.49. The van der Waals surface area contributed by atoms with Gasteiger partial charge in [0.1, 0.15) is 0 Å². The Bertz CT molecular complexity index is 343. The number of nitrogens with zero attached hydrogens (tertiary/aromatic N) is 1. The number of rotatable bonds is 1. The lowest BCUT2D eigenvalue weighted by molar-refractivity contribution is 0.0594. The molecule has 0 bridgehead atoms. The normalized spacial score (nSPS) is 20.0. The number of esters is 1. The summed E-state index contributed by atoms with van der Waals surface area (Å²) in [6.45, 7) is 0.771. The Morgan fingerprint density at radius 3 is 3.23 bits per heavy atom. The van der Waals surface area contributed by atoms with E-state index in [9.17, 15) is 9.90 Å². The molecule has 1 aromatic rings. The zero-order valence-corrected chi connectivity index (χ0v) is 7.36. The van der Waals surface area contributed by atoms with Crippen LogP contribution in [0.2, 0.25) is 0 Å². The summed E-state index contributed by atoms with van der Waals surface area (Å²) in [5.74, 6) is -0.380. The van der Waals surface area contributed by atoms with Crippen LogP contribution in [0.25, 0.3) is 0 Å². The number of aliphatic hydroxyl groups is 1. The van der Waals surface area contributed by atoms with Crippen molar-refractivity contribution in [2.45, 2.75) is 19.1 Å². The molecule has 0 aromatic carbocycles. The van der Waals surface area contributed by atoms with Crippen molar-refractivity contribution in [3.05, 3.63) is 23.5 Å². The number of aliphatic hydroxyl groups excluding tert-OH is 1. The van der Waals surface area contributed by atoms with Crippen molar-refractivity contribution >= 4 is 5.97 Å². The smallest absolute Gasteiger partial charge is 0.339 e. The van der Waals surface area contributed by atoms with Crippen molar-refractivity contribution in [2.24, 2.45) is 0 Å². The molecule has 1 aliphatic heterocycles. The zero-order valence-electron chi connectivity index (χ0n) is 7.36. The summed E-state index contributed by atoms with van der Waals surface area (Å²) >= 11 is 0. The van der Waals surface area contributed by atoms with Gasteiger partial charge in [-0.2, -0.15) is 0 Å². The average molecular weight is 181 g/mol. The molecule has 0 amide bonds. The molecular weight excluding hydrogens is 170 g/mol. The summed E-state index contributed by atoms with van der Waals surface area (Å²) in [7, 11) is 1.34. The number of carbonyl (C=O) groups is 1. The van der Waals surface area contributed by atoms with E-state index in [4.69, 9.17) is 0 Å². The third kappa shape index (κ3) is 1.14. The third-order valence-electron chi connectivity index (χ3n) is 2.37. The maximum absolute atomic E-state index is 11.2. The molecule has 2 heterocycles. The summed E-state index contributed by atoms with van der Waals surface area (Å²) in [6.07, 6.45) is 1.96. The quantitative estimate of drug-likeness (QED) is 0.649. The minimum absolute atomic E-state index is 0.380.